The first kappa shape index (κ1) is 15.2. The minimum Gasteiger partial charge on any atom is -0.465 e. The van der Waals surface area contributed by atoms with Gasteiger partial charge in [0.1, 0.15) is 0 Å². The SMILES string of the molecule is COC(=O)c1ccc([C@H]2/C(=C/c3ccccc3)[C@@H]3CC[C@H]2C3)cc1. The summed E-state index contributed by atoms with van der Waals surface area (Å²) in [7, 11) is 1.42. The minimum absolute atomic E-state index is 0.269. The smallest absolute Gasteiger partial charge is 0.337 e. The normalized spacial score (nSPS) is 26.7. The fourth-order valence-electron chi connectivity index (χ4n) is 4.51. The van der Waals surface area contributed by atoms with E-state index >= 15 is 0 Å². The molecular weight excluding hydrogens is 296 g/mol. The van der Waals surface area contributed by atoms with Crippen LogP contribution in [0.15, 0.2) is 60.2 Å². The van der Waals surface area contributed by atoms with Crippen molar-refractivity contribution in [2.24, 2.45) is 11.8 Å². The highest BCUT2D eigenvalue weighted by Gasteiger charge is 2.43. The maximum atomic E-state index is 11.6. The molecule has 2 aromatic rings. The highest BCUT2D eigenvalue weighted by molar-refractivity contribution is 5.89. The molecule has 2 aliphatic rings. The summed E-state index contributed by atoms with van der Waals surface area (Å²) in [5, 5.41) is 0. The molecule has 3 atom stereocenters. The van der Waals surface area contributed by atoms with Crippen LogP contribution in [0.1, 0.15) is 46.7 Å². The molecule has 2 aromatic carbocycles. The van der Waals surface area contributed by atoms with E-state index in [4.69, 9.17) is 4.74 Å². The van der Waals surface area contributed by atoms with Crippen LogP contribution in [0.3, 0.4) is 0 Å². The van der Waals surface area contributed by atoms with E-state index < -0.39 is 0 Å². The molecule has 0 saturated heterocycles. The van der Waals surface area contributed by atoms with Gasteiger partial charge in [0.2, 0.25) is 0 Å². The van der Waals surface area contributed by atoms with Crippen LogP contribution in [0, 0.1) is 11.8 Å². The van der Waals surface area contributed by atoms with Crippen molar-refractivity contribution in [2.75, 3.05) is 7.11 Å². The van der Waals surface area contributed by atoms with Crippen molar-refractivity contribution in [3.8, 4) is 0 Å². The van der Waals surface area contributed by atoms with Crippen molar-refractivity contribution in [1.82, 2.24) is 0 Å². The van der Waals surface area contributed by atoms with Gasteiger partial charge in [-0.1, -0.05) is 54.1 Å². The molecular formula is C22H22O2. The van der Waals surface area contributed by atoms with Gasteiger partial charge in [-0.2, -0.15) is 0 Å². The highest BCUT2D eigenvalue weighted by Crippen LogP contribution is 2.56. The van der Waals surface area contributed by atoms with E-state index in [0.717, 1.165) is 11.8 Å². The van der Waals surface area contributed by atoms with Gasteiger partial charge in [0.15, 0.2) is 0 Å². The second-order valence-corrected chi connectivity index (χ2v) is 6.92. The molecule has 0 aliphatic heterocycles. The summed E-state index contributed by atoms with van der Waals surface area (Å²) >= 11 is 0. The number of carbonyl (C=O) groups excluding carboxylic acids is 1. The summed E-state index contributed by atoms with van der Waals surface area (Å²) in [5.41, 5.74) is 4.81. The monoisotopic (exact) mass is 318 g/mol. The molecule has 2 fully saturated rings. The molecule has 2 bridgehead atoms. The Morgan fingerprint density at radius 1 is 1.04 bits per heavy atom. The number of rotatable bonds is 3. The molecule has 0 spiro atoms. The van der Waals surface area contributed by atoms with Crippen molar-refractivity contribution in [3.63, 3.8) is 0 Å². The average Bonchev–Trinajstić information content (AvgIpc) is 3.24. The van der Waals surface area contributed by atoms with Crippen molar-refractivity contribution in [1.29, 1.82) is 0 Å². The minimum atomic E-state index is -0.269. The molecule has 2 nitrogen and oxygen atoms in total. The molecule has 0 heterocycles. The topological polar surface area (TPSA) is 26.3 Å². The van der Waals surface area contributed by atoms with Gasteiger partial charge in [-0.05, 0) is 54.4 Å². The third-order valence-electron chi connectivity index (χ3n) is 5.60. The maximum Gasteiger partial charge on any atom is 0.337 e. The first-order valence-electron chi connectivity index (χ1n) is 8.71. The van der Waals surface area contributed by atoms with Crippen LogP contribution in [0.2, 0.25) is 0 Å². The van der Waals surface area contributed by atoms with Crippen LogP contribution in [-0.2, 0) is 4.74 Å². The van der Waals surface area contributed by atoms with Crippen molar-refractivity contribution in [2.45, 2.75) is 25.2 Å². The number of hydrogen-bond donors (Lipinski definition) is 0. The van der Waals surface area contributed by atoms with Crippen LogP contribution in [0.4, 0.5) is 0 Å². The van der Waals surface area contributed by atoms with Gasteiger partial charge >= 0.3 is 5.97 Å². The predicted molar refractivity (Wildman–Crippen MR) is 95.8 cm³/mol. The Morgan fingerprint density at radius 2 is 1.79 bits per heavy atom. The molecule has 0 radical (unpaired) electrons. The van der Waals surface area contributed by atoms with Crippen LogP contribution in [0.5, 0.6) is 0 Å². The maximum absolute atomic E-state index is 11.6. The summed E-state index contributed by atoms with van der Waals surface area (Å²) in [6, 6.07) is 18.6. The molecule has 0 amide bonds. The zero-order chi connectivity index (χ0) is 16.5. The second kappa shape index (κ2) is 6.27. The Bertz CT molecular complexity index is 758. The summed E-state index contributed by atoms with van der Waals surface area (Å²) in [4.78, 5) is 11.6. The molecule has 2 aliphatic carbocycles. The fraction of sp³-hybridized carbons (Fsp3) is 0.318. The van der Waals surface area contributed by atoms with E-state index in [1.807, 2.05) is 12.1 Å². The highest BCUT2D eigenvalue weighted by atomic mass is 16.5. The first-order valence-corrected chi connectivity index (χ1v) is 8.71. The van der Waals surface area contributed by atoms with Crippen LogP contribution < -0.4 is 0 Å². The summed E-state index contributed by atoms with van der Waals surface area (Å²) in [6.45, 7) is 0. The van der Waals surface area contributed by atoms with Gasteiger partial charge in [0.05, 0.1) is 12.7 Å². The molecule has 0 N–H and O–H groups in total. The Balaban J connectivity index is 1.67. The molecule has 2 saturated carbocycles. The molecule has 0 aromatic heterocycles. The molecule has 0 unspecified atom stereocenters. The van der Waals surface area contributed by atoms with Crippen LogP contribution >= 0.6 is 0 Å². The lowest BCUT2D eigenvalue weighted by molar-refractivity contribution is 0.0600. The van der Waals surface area contributed by atoms with Gasteiger partial charge in [-0.25, -0.2) is 4.79 Å². The quantitative estimate of drug-likeness (QED) is 0.739. The van der Waals surface area contributed by atoms with Crippen LogP contribution in [0.25, 0.3) is 6.08 Å². The third kappa shape index (κ3) is 2.66. The van der Waals surface area contributed by atoms with Gasteiger partial charge in [0, 0.05) is 5.92 Å². The average molecular weight is 318 g/mol. The van der Waals surface area contributed by atoms with Crippen molar-refractivity contribution in [3.05, 3.63) is 76.9 Å². The zero-order valence-electron chi connectivity index (χ0n) is 13.9. The molecule has 2 heteroatoms. The van der Waals surface area contributed by atoms with E-state index in [0.29, 0.717) is 11.5 Å². The second-order valence-electron chi connectivity index (χ2n) is 6.92. The number of ether oxygens (including phenoxy) is 1. The van der Waals surface area contributed by atoms with E-state index in [1.54, 1.807) is 5.57 Å². The number of carbonyl (C=O) groups is 1. The Labute approximate surface area is 143 Å². The van der Waals surface area contributed by atoms with E-state index in [1.165, 1.54) is 37.5 Å². The van der Waals surface area contributed by atoms with E-state index in [2.05, 4.69) is 48.5 Å². The van der Waals surface area contributed by atoms with Gasteiger partial charge in [0.25, 0.3) is 0 Å². The largest absolute Gasteiger partial charge is 0.465 e. The number of benzene rings is 2. The summed E-state index contributed by atoms with van der Waals surface area (Å²) in [5.74, 6) is 1.69. The van der Waals surface area contributed by atoms with Crippen molar-refractivity contribution >= 4 is 12.0 Å². The van der Waals surface area contributed by atoms with Crippen LogP contribution in [-0.4, -0.2) is 13.1 Å². The summed E-state index contributed by atoms with van der Waals surface area (Å²) in [6.07, 6.45) is 6.34. The Hall–Kier alpha value is -2.35. The lowest BCUT2D eigenvalue weighted by atomic mass is 9.79. The summed E-state index contributed by atoms with van der Waals surface area (Å²) < 4.78 is 4.80. The lowest BCUT2D eigenvalue weighted by Gasteiger charge is -2.26. The first-order chi connectivity index (χ1) is 11.8. The number of hydrogen-bond acceptors (Lipinski definition) is 2. The van der Waals surface area contributed by atoms with E-state index in [-0.39, 0.29) is 5.97 Å². The Morgan fingerprint density at radius 3 is 2.50 bits per heavy atom. The molecule has 122 valence electrons. The standard InChI is InChI=1S/C22H22O2/c1-24-22(23)17-9-7-16(8-10-17)21-19-12-11-18(14-19)20(21)13-15-5-3-2-4-6-15/h2-10,13,18-19,21H,11-12,14H2,1H3/b20-13+/t18-,19+,21-/m1/s1. The van der Waals surface area contributed by atoms with E-state index in [9.17, 15) is 4.79 Å². The molecule has 24 heavy (non-hydrogen) atoms. The number of fused-ring (bicyclic) bond motifs is 2. The predicted octanol–water partition coefficient (Wildman–Crippen LogP) is 5.07. The van der Waals surface area contributed by atoms with Gasteiger partial charge in [-0.15, -0.1) is 0 Å². The third-order valence-corrected chi connectivity index (χ3v) is 5.60. The molecule has 4 rings (SSSR count). The number of allylic oxidation sites excluding steroid dienone is 1. The van der Waals surface area contributed by atoms with Crippen molar-refractivity contribution < 1.29 is 9.53 Å². The lowest BCUT2D eigenvalue weighted by Crippen LogP contribution is -2.12. The number of methoxy groups -OCH3 is 1. The number of esters is 1. The fourth-order valence-corrected chi connectivity index (χ4v) is 4.51. The Kier molecular flexibility index (Phi) is 3.97. The zero-order valence-corrected chi connectivity index (χ0v) is 13.9. The van der Waals surface area contributed by atoms with Gasteiger partial charge < -0.3 is 4.74 Å². The van der Waals surface area contributed by atoms with Gasteiger partial charge in [-0.3, -0.25) is 0 Å².